The molecular formula is C20H26N2O3. The Balaban J connectivity index is 2.28. The summed E-state index contributed by atoms with van der Waals surface area (Å²) < 4.78 is 4.86. The molecule has 1 atom stereocenters. The van der Waals surface area contributed by atoms with E-state index < -0.39 is 11.5 Å². The second kappa shape index (κ2) is 7.64. The summed E-state index contributed by atoms with van der Waals surface area (Å²) in [6, 6.07) is 7.89. The second-order valence-electron chi connectivity index (χ2n) is 6.62. The fourth-order valence-corrected chi connectivity index (χ4v) is 3.28. The van der Waals surface area contributed by atoms with Crippen molar-refractivity contribution in [2.75, 3.05) is 7.11 Å². The number of benzene rings is 1. The highest BCUT2D eigenvalue weighted by Gasteiger charge is 2.35. The van der Waals surface area contributed by atoms with Gasteiger partial charge in [-0.1, -0.05) is 31.5 Å². The number of rotatable bonds is 6. The zero-order valence-electron chi connectivity index (χ0n) is 15.6. The number of aryl methyl sites for hydroxylation is 2. The van der Waals surface area contributed by atoms with Crippen molar-refractivity contribution in [2.24, 2.45) is 0 Å². The van der Waals surface area contributed by atoms with E-state index in [1.54, 1.807) is 6.92 Å². The maximum Gasteiger partial charge on any atom is 0.331 e. The number of nitrogens with one attached hydrogen (secondary N) is 1. The van der Waals surface area contributed by atoms with Crippen LogP contribution in [0.2, 0.25) is 0 Å². The summed E-state index contributed by atoms with van der Waals surface area (Å²) >= 11 is 0. The van der Waals surface area contributed by atoms with Crippen molar-refractivity contribution >= 4 is 22.8 Å². The van der Waals surface area contributed by atoms with Gasteiger partial charge in [0.25, 0.3) is 0 Å². The Labute approximate surface area is 148 Å². The van der Waals surface area contributed by atoms with Crippen molar-refractivity contribution in [3.05, 3.63) is 41.1 Å². The maximum absolute atomic E-state index is 12.6. The van der Waals surface area contributed by atoms with Gasteiger partial charge in [0.05, 0.1) is 19.0 Å². The predicted octanol–water partition coefficient (Wildman–Crippen LogP) is 3.24. The van der Waals surface area contributed by atoms with Gasteiger partial charge >= 0.3 is 5.97 Å². The smallest absolute Gasteiger partial charge is 0.331 e. The summed E-state index contributed by atoms with van der Waals surface area (Å²) in [5.41, 5.74) is 2.70. The van der Waals surface area contributed by atoms with Crippen LogP contribution in [0.1, 0.15) is 43.5 Å². The highest BCUT2D eigenvalue weighted by molar-refractivity contribution is 5.90. The van der Waals surface area contributed by atoms with Crippen LogP contribution in [0.25, 0.3) is 10.9 Å². The fraction of sp³-hybridized carbons (Fsp3) is 0.450. The molecule has 1 amide bonds. The van der Waals surface area contributed by atoms with Gasteiger partial charge in [0.15, 0.2) is 0 Å². The highest BCUT2D eigenvalue weighted by atomic mass is 16.5. The van der Waals surface area contributed by atoms with Crippen molar-refractivity contribution < 1.29 is 14.3 Å². The van der Waals surface area contributed by atoms with Crippen molar-refractivity contribution in [1.29, 1.82) is 0 Å². The number of aromatic nitrogens is 1. The Morgan fingerprint density at radius 3 is 2.56 bits per heavy atom. The molecule has 0 saturated carbocycles. The minimum absolute atomic E-state index is 0.186. The Hall–Kier alpha value is -2.43. The third-order valence-electron chi connectivity index (χ3n) is 4.62. The number of carbonyl (C=O) groups excluding carboxylic acids is 2. The van der Waals surface area contributed by atoms with Crippen molar-refractivity contribution in [2.45, 2.75) is 52.5 Å². The number of para-hydroxylation sites is 1. The zero-order chi connectivity index (χ0) is 18.6. The van der Waals surface area contributed by atoms with E-state index in [1.807, 2.05) is 45.0 Å². The van der Waals surface area contributed by atoms with Crippen LogP contribution in [0.4, 0.5) is 0 Å². The first-order valence-electron chi connectivity index (χ1n) is 8.56. The molecule has 0 spiro atoms. The average molecular weight is 342 g/mol. The number of carbonyl (C=O) groups is 2. The third kappa shape index (κ3) is 3.98. The lowest BCUT2D eigenvalue weighted by Gasteiger charge is -2.27. The molecule has 1 aromatic heterocycles. The Bertz CT molecular complexity index is 801. The van der Waals surface area contributed by atoms with Gasteiger partial charge in [0, 0.05) is 11.1 Å². The van der Waals surface area contributed by atoms with Gasteiger partial charge in [0.1, 0.15) is 5.54 Å². The molecule has 0 aliphatic heterocycles. The molecule has 5 heteroatoms. The van der Waals surface area contributed by atoms with Crippen LogP contribution in [0.5, 0.6) is 0 Å². The Kier molecular flexibility index (Phi) is 5.77. The van der Waals surface area contributed by atoms with Gasteiger partial charge < -0.3 is 10.1 Å². The van der Waals surface area contributed by atoms with E-state index >= 15 is 0 Å². The minimum atomic E-state index is -1.01. The maximum atomic E-state index is 12.6. The van der Waals surface area contributed by atoms with E-state index in [1.165, 1.54) is 7.11 Å². The summed E-state index contributed by atoms with van der Waals surface area (Å²) in [6.45, 7) is 7.59. The summed E-state index contributed by atoms with van der Waals surface area (Å²) in [4.78, 5) is 29.3. The first-order valence-corrected chi connectivity index (χ1v) is 8.56. The normalized spacial score (nSPS) is 13.3. The number of hydrogen-bond acceptors (Lipinski definition) is 4. The zero-order valence-corrected chi connectivity index (χ0v) is 15.6. The van der Waals surface area contributed by atoms with E-state index in [0.29, 0.717) is 6.42 Å². The summed E-state index contributed by atoms with van der Waals surface area (Å²) in [5, 5.41) is 3.90. The largest absolute Gasteiger partial charge is 0.467 e. The molecule has 0 aliphatic rings. The van der Waals surface area contributed by atoms with E-state index in [9.17, 15) is 9.59 Å². The topological polar surface area (TPSA) is 68.3 Å². The Morgan fingerprint density at radius 1 is 1.24 bits per heavy atom. The molecule has 0 radical (unpaired) electrons. The molecule has 0 fully saturated rings. The van der Waals surface area contributed by atoms with Crippen LogP contribution in [0.3, 0.4) is 0 Å². The molecule has 1 heterocycles. The van der Waals surface area contributed by atoms with Crippen LogP contribution in [-0.2, 0) is 20.7 Å². The van der Waals surface area contributed by atoms with Crippen LogP contribution < -0.4 is 5.32 Å². The first-order chi connectivity index (χ1) is 11.8. The molecule has 2 aromatic rings. The summed E-state index contributed by atoms with van der Waals surface area (Å²) in [5.74, 6) is -0.627. The molecule has 0 saturated heterocycles. The monoisotopic (exact) mass is 342 g/mol. The molecule has 2 rings (SSSR count). The van der Waals surface area contributed by atoms with Gasteiger partial charge in [-0.2, -0.15) is 0 Å². The fourth-order valence-electron chi connectivity index (χ4n) is 3.28. The number of ether oxygens (including phenoxy) is 1. The van der Waals surface area contributed by atoms with Gasteiger partial charge in [-0.05, 0) is 44.4 Å². The predicted molar refractivity (Wildman–Crippen MR) is 98.4 cm³/mol. The minimum Gasteiger partial charge on any atom is -0.467 e. The lowest BCUT2D eigenvalue weighted by molar-refractivity contribution is -0.150. The van der Waals surface area contributed by atoms with Crippen LogP contribution in [-0.4, -0.2) is 29.5 Å². The van der Waals surface area contributed by atoms with Gasteiger partial charge in [-0.3, -0.25) is 9.78 Å². The van der Waals surface area contributed by atoms with Crippen LogP contribution in [0.15, 0.2) is 24.3 Å². The van der Waals surface area contributed by atoms with Crippen LogP contribution >= 0.6 is 0 Å². The number of pyridine rings is 1. The molecule has 0 aliphatic carbocycles. The molecule has 25 heavy (non-hydrogen) atoms. The van der Waals surface area contributed by atoms with Crippen molar-refractivity contribution in [3.63, 3.8) is 0 Å². The van der Waals surface area contributed by atoms with E-state index in [2.05, 4.69) is 10.3 Å². The molecular weight excluding hydrogens is 316 g/mol. The molecule has 0 bridgehead atoms. The second-order valence-corrected chi connectivity index (χ2v) is 6.62. The van der Waals surface area contributed by atoms with Gasteiger partial charge in [0.2, 0.25) is 5.91 Å². The average Bonchev–Trinajstić information content (AvgIpc) is 2.58. The SMILES string of the molecule is CCCC(C)(NC(=O)Cc1c(C)nc2ccccc2c1C)C(=O)OC. The van der Waals surface area contributed by atoms with E-state index in [-0.39, 0.29) is 12.3 Å². The standard InChI is InChI=1S/C20H26N2O3/c1-6-11-20(4,19(24)25-5)22-18(23)12-16-13(2)15-9-7-8-10-17(15)21-14(16)3/h7-10H,6,11-12H2,1-5H3,(H,22,23). The number of fused-ring (bicyclic) bond motifs is 1. The molecule has 1 N–H and O–H groups in total. The number of hydrogen-bond donors (Lipinski definition) is 1. The number of methoxy groups -OCH3 is 1. The summed E-state index contributed by atoms with van der Waals surface area (Å²) in [6.07, 6.45) is 1.48. The van der Waals surface area contributed by atoms with Crippen molar-refractivity contribution in [1.82, 2.24) is 10.3 Å². The van der Waals surface area contributed by atoms with E-state index in [0.717, 1.165) is 34.1 Å². The number of esters is 1. The highest BCUT2D eigenvalue weighted by Crippen LogP contribution is 2.23. The molecule has 1 unspecified atom stereocenters. The number of amides is 1. The number of nitrogens with zero attached hydrogens (tertiary/aromatic N) is 1. The summed E-state index contributed by atoms with van der Waals surface area (Å²) in [7, 11) is 1.34. The molecule has 5 nitrogen and oxygen atoms in total. The quantitative estimate of drug-likeness (QED) is 0.818. The van der Waals surface area contributed by atoms with E-state index in [4.69, 9.17) is 4.74 Å². The third-order valence-corrected chi connectivity index (χ3v) is 4.62. The lowest BCUT2D eigenvalue weighted by atomic mass is 9.94. The first kappa shape index (κ1) is 18.9. The van der Waals surface area contributed by atoms with Crippen LogP contribution in [0, 0.1) is 13.8 Å². The van der Waals surface area contributed by atoms with Crippen molar-refractivity contribution in [3.8, 4) is 0 Å². The van der Waals surface area contributed by atoms with Gasteiger partial charge in [-0.25, -0.2) is 4.79 Å². The van der Waals surface area contributed by atoms with Gasteiger partial charge in [-0.15, -0.1) is 0 Å². The molecule has 1 aromatic carbocycles. The lowest BCUT2D eigenvalue weighted by Crippen LogP contribution is -2.53. The molecule has 134 valence electrons. The Morgan fingerprint density at radius 2 is 1.92 bits per heavy atom.